The molecule has 1 fully saturated rings. The highest BCUT2D eigenvalue weighted by atomic mass is 16.6. The molecule has 1 amide bonds. The Morgan fingerprint density at radius 2 is 1.91 bits per heavy atom. The molecule has 2 heterocycles. The second-order valence-electron chi connectivity index (χ2n) is 9.43. The van der Waals surface area contributed by atoms with Gasteiger partial charge >= 0.3 is 6.09 Å². The highest BCUT2D eigenvalue weighted by molar-refractivity contribution is 6.01. The van der Waals surface area contributed by atoms with E-state index in [-0.39, 0.29) is 29.5 Å². The number of benzene rings is 1. The molecule has 3 aromatic rings. The number of aromatic nitrogens is 4. The highest BCUT2D eigenvalue weighted by Crippen LogP contribution is 2.29. The summed E-state index contributed by atoms with van der Waals surface area (Å²) in [5.74, 6) is -0.415. The maximum Gasteiger partial charge on any atom is 0.419 e. The van der Waals surface area contributed by atoms with Gasteiger partial charge in [-0.1, -0.05) is 25.0 Å². The number of ether oxygens (including phenoxy) is 1. The Morgan fingerprint density at radius 1 is 1.15 bits per heavy atom. The molecule has 0 aliphatic heterocycles. The SMILES string of the molecule is CC(C)(C)OC(=O)n1ccc2cccc(Nc3nc(N[C@@H]4CCCC[C@@H]4N)nnc3C(N)=O)c21. The lowest BCUT2D eigenvalue weighted by atomic mass is 9.91. The molecule has 1 aliphatic carbocycles. The minimum atomic E-state index is -0.780. The molecule has 34 heavy (non-hydrogen) atoms. The van der Waals surface area contributed by atoms with Gasteiger partial charge in [-0.15, -0.1) is 10.2 Å². The number of hydrogen-bond acceptors (Lipinski definition) is 9. The zero-order valence-electron chi connectivity index (χ0n) is 19.5. The molecule has 0 bridgehead atoms. The number of carbonyl (C=O) groups excluding carboxylic acids is 2. The van der Waals surface area contributed by atoms with E-state index in [2.05, 4.69) is 25.8 Å². The van der Waals surface area contributed by atoms with Gasteiger partial charge < -0.3 is 26.8 Å². The van der Waals surface area contributed by atoms with Crippen molar-refractivity contribution in [3.05, 3.63) is 36.2 Å². The summed E-state index contributed by atoms with van der Waals surface area (Å²) in [5, 5.41) is 15.1. The summed E-state index contributed by atoms with van der Waals surface area (Å²) in [6, 6.07) is 7.25. The van der Waals surface area contributed by atoms with Crippen molar-refractivity contribution in [2.24, 2.45) is 11.5 Å². The Labute approximate surface area is 197 Å². The first-order valence-electron chi connectivity index (χ1n) is 11.3. The number of nitrogens with zero attached hydrogens (tertiary/aromatic N) is 4. The predicted molar refractivity (Wildman–Crippen MR) is 129 cm³/mol. The monoisotopic (exact) mass is 466 g/mol. The first-order chi connectivity index (χ1) is 16.1. The van der Waals surface area contributed by atoms with Crippen LogP contribution in [0.4, 0.5) is 22.2 Å². The molecule has 11 nitrogen and oxygen atoms in total. The number of nitrogens with one attached hydrogen (secondary N) is 2. The summed E-state index contributed by atoms with van der Waals surface area (Å²) in [6.45, 7) is 5.40. The van der Waals surface area contributed by atoms with Crippen molar-refractivity contribution >= 4 is 40.4 Å². The van der Waals surface area contributed by atoms with E-state index in [1.807, 2.05) is 12.1 Å². The summed E-state index contributed by atoms with van der Waals surface area (Å²) >= 11 is 0. The molecule has 2 atom stereocenters. The number of rotatable bonds is 5. The van der Waals surface area contributed by atoms with Crippen LogP contribution in [0.2, 0.25) is 0 Å². The normalized spacial score (nSPS) is 18.5. The van der Waals surface area contributed by atoms with Gasteiger partial charge in [-0.2, -0.15) is 4.98 Å². The van der Waals surface area contributed by atoms with Gasteiger partial charge in [0.05, 0.1) is 11.2 Å². The van der Waals surface area contributed by atoms with Gasteiger partial charge in [-0.3, -0.25) is 9.36 Å². The fourth-order valence-electron chi connectivity index (χ4n) is 4.03. The summed E-state index contributed by atoms with van der Waals surface area (Å²) in [7, 11) is 0. The van der Waals surface area contributed by atoms with E-state index < -0.39 is 17.6 Å². The number of amides is 1. The van der Waals surface area contributed by atoms with E-state index in [1.165, 1.54) is 4.57 Å². The van der Waals surface area contributed by atoms with Crippen LogP contribution in [0.25, 0.3) is 10.9 Å². The maximum absolute atomic E-state index is 12.8. The fourth-order valence-corrected chi connectivity index (χ4v) is 4.03. The van der Waals surface area contributed by atoms with Crippen LogP contribution < -0.4 is 22.1 Å². The molecule has 11 heteroatoms. The van der Waals surface area contributed by atoms with Crippen LogP contribution in [0.1, 0.15) is 56.9 Å². The second-order valence-corrected chi connectivity index (χ2v) is 9.43. The molecule has 180 valence electrons. The van der Waals surface area contributed by atoms with Gasteiger partial charge in [-0.25, -0.2) is 4.79 Å². The molecule has 1 aromatic carbocycles. The summed E-state index contributed by atoms with van der Waals surface area (Å²) < 4.78 is 6.94. The average molecular weight is 467 g/mol. The highest BCUT2D eigenvalue weighted by Gasteiger charge is 2.24. The lowest BCUT2D eigenvalue weighted by Gasteiger charge is -2.29. The van der Waals surface area contributed by atoms with Gasteiger partial charge in [-0.05, 0) is 45.7 Å². The zero-order chi connectivity index (χ0) is 24.5. The summed E-state index contributed by atoms with van der Waals surface area (Å²) in [6.07, 6.45) is 5.07. The quantitative estimate of drug-likeness (QED) is 0.442. The lowest BCUT2D eigenvalue weighted by Crippen LogP contribution is -2.43. The minimum absolute atomic E-state index is 0.00987. The van der Waals surface area contributed by atoms with Crippen LogP contribution in [0.3, 0.4) is 0 Å². The fraction of sp³-hybridized carbons (Fsp3) is 0.435. The molecule has 2 aromatic heterocycles. The average Bonchev–Trinajstić information content (AvgIpc) is 3.20. The Hall–Kier alpha value is -3.73. The number of carbonyl (C=O) groups is 2. The Kier molecular flexibility index (Phi) is 6.38. The lowest BCUT2D eigenvalue weighted by molar-refractivity contribution is 0.0544. The van der Waals surface area contributed by atoms with Crippen molar-refractivity contribution in [1.29, 1.82) is 0 Å². The standard InChI is InChI=1S/C23H30N8O3/c1-23(2,3)34-22(33)31-12-11-13-7-6-10-16(18(13)31)26-20-17(19(25)32)29-30-21(28-20)27-15-9-5-4-8-14(15)24/h6-7,10-12,14-15H,4-5,8-9,24H2,1-3H3,(H2,25,32)(H2,26,27,28,30)/t14-,15+/m0/s1. The maximum atomic E-state index is 12.8. The number of primary amides is 1. The molecule has 1 saturated carbocycles. The third-order valence-electron chi connectivity index (χ3n) is 5.61. The number of hydrogen-bond donors (Lipinski definition) is 4. The molecular formula is C23H30N8O3. The van der Waals surface area contributed by atoms with Crippen LogP contribution in [-0.4, -0.2) is 49.4 Å². The first-order valence-corrected chi connectivity index (χ1v) is 11.3. The second kappa shape index (κ2) is 9.26. The van der Waals surface area contributed by atoms with Gasteiger partial charge in [0, 0.05) is 23.7 Å². The number of nitrogens with two attached hydrogens (primary N) is 2. The van der Waals surface area contributed by atoms with E-state index in [1.54, 1.807) is 39.1 Å². The number of fused-ring (bicyclic) bond motifs is 1. The van der Waals surface area contributed by atoms with Crippen molar-refractivity contribution in [3.8, 4) is 0 Å². The smallest absolute Gasteiger partial charge is 0.419 e. The van der Waals surface area contributed by atoms with E-state index in [9.17, 15) is 9.59 Å². The van der Waals surface area contributed by atoms with Crippen LogP contribution in [0.5, 0.6) is 0 Å². The third kappa shape index (κ3) is 5.09. The molecule has 0 radical (unpaired) electrons. The van der Waals surface area contributed by atoms with Gasteiger partial charge in [0.25, 0.3) is 5.91 Å². The van der Waals surface area contributed by atoms with Crippen molar-refractivity contribution in [1.82, 2.24) is 19.7 Å². The number of anilines is 3. The van der Waals surface area contributed by atoms with Crippen LogP contribution in [-0.2, 0) is 4.74 Å². The summed E-state index contributed by atoms with van der Waals surface area (Å²) in [5.41, 5.74) is 12.1. The third-order valence-corrected chi connectivity index (χ3v) is 5.61. The van der Waals surface area contributed by atoms with Gasteiger partial charge in [0.15, 0.2) is 11.5 Å². The van der Waals surface area contributed by atoms with Gasteiger partial charge in [0.2, 0.25) is 5.95 Å². The molecule has 0 spiro atoms. The minimum Gasteiger partial charge on any atom is -0.443 e. The van der Waals surface area contributed by atoms with E-state index in [0.717, 1.165) is 31.1 Å². The Balaban J connectivity index is 1.70. The van der Waals surface area contributed by atoms with E-state index >= 15 is 0 Å². The van der Waals surface area contributed by atoms with E-state index in [4.69, 9.17) is 16.2 Å². The van der Waals surface area contributed by atoms with Crippen LogP contribution in [0, 0.1) is 0 Å². The molecule has 0 unspecified atom stereocenters. The van der Waals surface area contributed by atoms with Crippen molar-refractivity contribution in [2.75, 3.05) is 10.6 Å². The van der Waals surface area contributed by atoms with Crippen molar-refractivity contribution in [3.63, 3.8) is 0 Å². The van der Waals surface area contributed by atoms with Crippen molar-refractivity contribution in [2.45, 2.75) is 64.1 Å². The van der Waals surface area contributed by atoms with Gasteiger partial charge in [0.1, 0.15) is 5.60 Å². The summed E-state index contributed by atoms with van der Waals surface area (Å²) in [4.78, 5) is 29.3. The number of para-hydroxylation sites is 1. The van der Waals surface area contributed by atoms with E-state index in [0.29, 0.717) is 11.2 Å². The molecular weight excluding hydrogens is 436 g/mol. The largest absolute Gasteiger partial charge is 0.443 e. The molecule has 6 N–H and O–H groups in total. The van der Waals surface area contributed by atoms with Crippen LogP contribution in [0.15, 0.2) is 30.5 Å². The first kappa shape index (κ1) is 23.4. The Morgan fingerprint density at radius 3 is 2.62 bits per heavy atom. The predicted octanol–water partition coefficient (Wildman–Crippen LogP) is 3.13. The van der Waals surface area contributed by atoms with Crippen molar-refractivity contribution < 1.29 is 14.3 Å². The molecule has 0 saturated heterocycles. The van der Waals surface area contributed by atoms with Crippen LogP contribution >= 0.6 is 0 Å². The zero-order valence-corrected chi connectivity index (χ0v) is 19.5. The topological polar surface area (TPSA) is 163 Å². The molecule has 1 aliphatic rings. The molecule has 4 rings (SSSR count). The Bertz CT molecular complexity index is 1220.